The first-order valence-corrected chi connectivity index (χ1v) is 10.7. The van der Waals surface area contributed by atoms with Crippen LogP contribution in [0.4, 0.5) is 5.82 Å². The third-order valence-electron chi connectivity index (χ3n) is 5.07. The maximum Gasteiger partial charge on any atom is 0.162 e. The minimum absolute atomic E-state index is 0.0648. The van der Waals surface area contributed by atoms with E-state index in [9.17, 15) is 0 Å². The molecule has 1 atom stereocenters. The highest BCUT2D eigenvalue weighted by Gasteiger charge is 2.16. The van der Waals surface area contributed by atoms with Gasteiger partial charge in [0.25, 0.3) is 0 Å². The summed E-state index contributed by atoms with van der Waals surface area (Å²) in [6, 6.07) is 16.3. The van der Waals surface area contributed by atoms with Crippen LogP contribution in [0.1, 0.15) is 23.7 Å². The minimum Gasteiger partial charge on any atom is -0.497 e. The molecule has 0 aliphatic heterocycles. The predicted octanol–water partition coefficient (Wildman–Crippen LogP) is 5.87. The second kappa shape index (κ2) is 8.81. The summed E-state index contributed by atoms with van der Waals surface area (Å²) in [5, 5.41) is 4.44. The quantitative estimate of drug-likeness (QED) is 0.392. The van der Waals surface area contributed by atoms with Crippen LogP contribution < -0.4 is 19.5 Å². The van der Waals surface area contributed by atoms with E-state index in [2.05, 4.69) is 46.5 Å². The van der Waals surface area contributed by atoms with Crippen LogP contribution >= 0.6 is 11.3 Å². The van der Waals surface area contributed by atoms with Gasteiger partial charge in [-0.3, -0.25) is 0 Å². The molecule has 0 spiro atoms. The standard InChI is InChI=1S/C24H25N3O3S/c1-14(22-9-10-23(31-22)16-7-6-8-17(11-16)28-3)25-24-18-12-20(29-4)21(30-5)13-19(18)26-15(2)27-24/h6-14H,1-5H3,(H,25,26,27). The third-order valence-corrected chi connectivity index (χ3v) is 6.39. The zero-order valence-electron chi connectivity index (χ0n) is 18.2. The van der Waals surface area contributed by atoms with Gasteiger partial charge in [0.2, 0.25) is 0 Å². The average molecular weight is 436 g/mol. The lowest BCUT2D eigenvalue weighted by molar-refractivity contribution is 0.356. The molecule has 160 valence electrons. The largest absolute Gasteiger partial charge is 0.497 e. The fourth-order valence-corrected chi connectivity index (χ4v) is 4.48. The summed E-state index contributed by atoms with van der Waals surface area (Å²) in [6.07, 6.45) is 0. The highest BCUT2D eigenvalue weighted by molar-refractivity contribution is 7.15. The zero-order chi connectivity index (χ0) is 22.0. The van der Waals surface area contributed by atoms with E-state index in [0.29, 0.717) is 17.3 Å². The molecular formula is C24H25N3O3S. The van der Waals surface area contributed by atoms with Gasteiger partial charge < -0.3 is 19.5 Å². The van der Waals surface area contributed by atoms with E-state index in [1.54, 1.807) is 32.7 Å². The number of rotatable bonds is 7. The molecular weight excluding hydrogens is 410 g/mol. The number of nitrogens with zero attached hydrogens (tertiary/aromatic N) is 2. The normalized spacial score (nSPS) is 11.9. The number of methoxy groups -OCH3 is 3. The van der Waals surface area contributed by atoms with Crippen LogP contribution in [-0.2, 0) is 0 Å². The van der Waals surface area contributed by atoms with Crippen molar-refractivity contribution in [2.45, 2.75) is 19.9 Å². The van der Waals surface area contributed by atoms with Crippen LogP contribution in [0.5, 0.6) is 17.2 Å². The van der Waals surface area contributed by atoms with E-state index in [1.807, 2.05) is 31.2 Å². The molecule has 0 aliphatic carbocycles. The van der Waals surface area contributed by atoms with Crippen LogP contribution in [0.25, 0.3) is 21.3 Å². The van der Waals surface area contributed by atoms with Crippen molar-refractivity contribution in [1.29, 1.82) is 0 Å². The summed E-state index contributed by atoms with van der Waals surface area (Å²) in [5.74, 6) is 3.61. The molecule has 1 unspecified atom stereocenters. The molecule has 7 heteroatoms. The molecule has 31 heavy (non-hydrogen) atoms. The number of hydrogen-bond acceptors (Lipinski definition) is 7. The Kier molecular flexibility index (Phi) is 5.95. The number of hydrogen-bond donors (Lipinski definition) is 1. The Bertz CT molecular complexity index is 1220. The van der Waals surface area contributed by atoms with Gasteiger partial charge in [-0.2, -0.15) is 0 Å². The first-order valence-electron chi connectivity index (χ1n) is 9.93. The number of thiophene rings is 1. The highest BCUT2D eigenvalue weighted by atomic mass is 32.1. The van der Waals surface area contributed by atoms with Crippen LogP contribution in [0.3, 0.4) is 0 Å². The lowest BCUT2D eigenvalue weighted by Gasteiger charge is -2.16. The van der Waals surface area contributed by atoms with E-state index in [0.717, 1.165) is 28.0 Å². The molecule has 0 saturated heterocycles. The Morgan fingerprint density at radius 3 is 2.42 bits per heavy atom. The van der Waals surface area contributed by atoms with Crippen molar-refractivity contribution in [3.05, 3.63) is 59.2 Å². The fourth-order valence-electron chi connectivity index (χ4n) is 3.48. The summed E-state index contributed by atoms with van der Waals surface area (Å²) < 4.78 is 16.3. The molecule has 1 N–H and O–H groups in total. The average Bonchev–Trinajstić information content (AvgIpc) is 3.28. The molecule has 0 amide bonds. The van der Waals surface area contributed by atoms with Gasteiger partial charge in [-0.25, -0.2) is 9.97 Å². The number of anilines is 1. The first-order chi connectivity index (χ1) is 15.0. The highest BCUT2D eigenvalue weighted by Crippen LogP contribution is 2.37. The van der Waals surface area contributed by atoms with E-state index in [-0.39, 0.29) is 6.04 Å². The maximum absolute atomic E-state index is 5.47. The Balaban J connectivity index is 1.65. The van der Waals surface area contributed by atoms with E-state index in [4.69, 9.17) is 14.2 Å². The maximum atomic E-state index is 5.47. The van der Waals surface area contributed by atoms with Gasteiger partial charge >= 0.3 is 0 Å². The second-order valence-corrected chi connectivity index (χ2v) is 8.26. The molecule has 6 nitrogen and oxygen atoms in total. The van der Waals surface area contributed by atoms with Crippen molar-refractivity contribution in [1.82, 2.24) is 9.97 Å². The van der Waals surface area contributed by atoms with Gasteiger partial charge in [-0.15, -0.1) is 11.3 Å². The number of aryl methyl sites for hydroxylation is 1. The lowest BCUT2D eigenvalue weighted by Crippen LogP contribution is -2.08. The summed E-state index contributed by atoms with van der Waals surface area (Å²) in [5.41, 5.74) is 1.95. The topological polar surface area (TPSA) is 65.5 Å². The molecule has 0 saturated carbocycles. The molecule has 0 aliphatic rings. The van der Waals surface area contributed by atoms with E-state index in [1.165, 1.54) is 9.75 Å². The van der Waals surface area contributed by atoms with Crippen LogP contribution in [0.15, 0.2) is 48.5 Å². The first kappa shape index (κ1) is 20.9. The van der Waals surface area contributed by atoms with Crippen molar-refractivity contribution in [3.8, 4) is 27.7 Å². The summed E-state index contributed by atoms with van der Waals surface area (Å²) in [7, 11) is 4.93. The lowest BCUT2D eigenvalue weighted by atomic mass is 10.1. The minimum atomic E-state index is 0.0648. The van der Waals surface area contributed by atoms with Crippen LogP contribution in [-0.4, -0.2) is 31.3 Å². The van der Waals surface area contributed by atoms with Gasteiger partial charge in [0.1, 0.15) is 17.4 Å². The molecule has 4 aromatic rings. The number of benzene rings is 2. The Morgan fingerprint density at radius 2 is 1.68 bits per heavy atom. The predicted molar refractivity (Wildman–Crippen MR) is 126 cm³/mol. The fraction of sp³-hybridized carbons (Fsp3) is 0.250. The Hall–Kier alpha value is -3.32. The van der Waals surface area contributed by atoms with E-state index < -0.39 is 0 Å². The van der Waals surface area contributed by atoms with Gasteiger partial charge in [-0.05, 0) is 49.7 Å². The van der Waals surface area contributed by atoms with Crippen LogP contribution in [0, 0.1) is 6.92 Å². The molecule has 0 radical (unpaired) electrons. The SMILES string of the molecule is COc1cccc(-c2ccc(C(C)Nc3nc(C)nc4cc(OC)c(OC)cc34)s2)c1. The third kappa shape index (κ3) is 4.27. The van der Waals surface area contributed by atoms with Crippen molar-refractivity contribution >= 4 is 28.1 Å². The second-order valence-electron chi connectivity index (χ2n) is 7.14. The smallest absolute Gasteiger partial charge is 0.162 e. The van der Waals surface area contributed by atoms with E-state index >= 15 is 0 Å². The van der Waals surface area contributed by atoms with Gasteiger partial charge in [0.15, 0.2) is 11.5 Å². The van der Waals surface area contributed by atoms with Crippen molar-refractivity contribution in [2.75, 3.05) is 26.6 Å². The summed E-state index contributed by atoms with van der Waals surface area (Å²) in [4.78, 5) is 11.6. The number of aromatic nitrogens is 2. The van der Waals surface area contributed by atoms with Crippen LogP contribution in [0.2, 0.25) is 0 Å². The van der Waals surface area contributed by atoms with Gasteiger partial charge in [0, 0.05) is 21.2 Å². The molecule has 4 rings (SSSR count). The number of fused-ring (bicyclic) bond motifs is 1. The Morgan fingerprint density at radius 1 is 0.903 bits per heavy atom. The monoisotopic (exact) mass is 435 g/mol. The van der Waals surface area contributed by atoms with Gasteiger partial charge in [0.05, 0.1) is 32.9 Å². The molecule has 0 bridgehead atoms. The molecule has 2 aromatic carbocycles. The van der Waals surface area contributed by atoms with Gasteiger partial charge in [-0.1, -0.05) is 12.1 Å². The van der Waals surface area contributed by atoms with Crippen molar-refractivity contribution < 1.29 is 14.2 Å². The summed E-state index contributed by atoms with van der Waals surface area (Å²) >= 11 is 1.75. The molecule has 0 fully saturated rings. The molecule has 2 aromatic heterocycles. The number of nitrogens with one attached hydrogen (secondary N) is 1. The zero-order valence-corrected chi connectivity index (χ0v) is 19.0. The number of ether oxygens (including phenoxy) is 3. The Labute approximate surface area is 185 Å². The van der Waals surface area contributed by atoms with Crippen molar-refractivity contribution in [3.63, 3.8) is 0 Å². The van der Waals surface area contributed by atoms with Crippen molar-refractivity contribution in [2.24, 2.45) is 0 Å². The summed E-state index contributed by atoms with van der Waals surface area (Å²) in [6.45, 7) is 4.02. The molecule has 2 heterocycles.